The van der Waals surface area contributed by atoms with E-state index in [2.05, 4.69) is 28.8 Å². The SMILES string of the molecule is O=BOc1ccc2c3ccccc3n(-c3ccccc3)c2c1. The van der Waals surface area contributed by atoms with Gasteiger partial charge in [0, 0.05) is 0 Å². The van der Waals surface area contributed by atoms with Gasteiger partial charge in [0.25, 0.3) is 0 Å². The van der Waals surface area contributed by atoms with E-state index in [-0.39, 0.29) is 0 Å². The molecule has 0 amide bonds. The predicted molar refractivity (Wildman–Crippen MR) is 87.8 cm³/mol. The Hall–Kier alpha value is -2.88. The van der Waals surface area contributed by atoms with Crippen LogP contribution in [0.2, 0.25) is 0 Å². The number of hydrogen-bond donors (Lipinski definition) is 0. The number of para-hydroxylation sites is 2. The van der Waals surface area contributed by atoms with Gasteiger partial charge in [0.05, 0.1) is 0 Å². The van der Waals surface area contributed by atoms with E-state index in [0.717, 1.165) is 22.1 Å². The summed E-state index contributed by atoms with van der Waals surface area (Å²) in [4.78, 5) is 0. The van der Waals surface area contributed by atoms with Crippen LogP contribution in [0.15, 0.2) is 72.8 Å². The first kappa shape index (κ1) is 12.8. The summed E-state index contributed by atoms with van der Waals surface area (Å²) in [5, 5.41) is 2.32. The minimum atomic E-state index is 0.455. The molecule has 0 saturated heterocycles. The average Bonchev–Trinajstić information content (AvgIpc) is 2.90. The Morgan fingerprint density at radius 3 is 2.32 bits per heavy atom. The van der Waals surface area contributed by atoms with Gasteiger partial charge in [0.1, 0.15) is 0 Å². The molecule has 0 radical (unpaired) electrons. The van der Waals surface area contributed by atoms with Crippen molar-refractivity contribution in [1.29, 1.82) is 0 Å². The molecule has 0 aliphatic heterocycles. The van der Waals surface area contributed by atoms with E-state index >= 15 is 0 Å². The van der Waals surface area contributed by atoms with Gasteiger partial charge < -0.3 is 0 Å². The molecule has 0 atom stereocenters. The molecule has 0 aliphatic carbocycles. The third-order valence-corrected chi connectivity index (χ3v) is 3.84. The molecule has 0 fully saturated rings. The van der Waals surface area contributed by atoms with Gasteiger partial charge in [-0.15, -0.1) is 0 Å². The summed E-state index contributed by atoms with van der Waals surface area (Å²) in [6, 6.07) is 24.2. The average molecular weight is 285 g/mol. The Morgan fingerprint density at radius 2 is 1.50 bits per heavy atom. The van der Waals surface area contributed by atoms with Crippen LogP contribution in [0.5, 0.6) is 5.75 Å². The van der Waals surface area contributed by atoms with Gasteiger partial charge in [-0.2, -0.15) is 0 Å². The molecule has 4 aromatic rings. The normalized spacial score (nSPS) is 10.7. The Bertz CT molecular complexity index is 976. The molecule has 0 N–H and O–H groups in total. The van der Waals surface area contributed by atoms with Gasteiger partial charge in [-0.1, -0.05) is 0 Å². The molecular weight excluding hydrogens is 273 g/mol. The van der Waals surface area contributed by atoms with Crippen molar-refractivity contribution >= 4 is 29.2 Å². The molecule has 1 aromatic heterocycles. The summed E-state index contributed by atoms with van der Waals surface area (Å²) < 4.78 is 17.8. The topological polar surface area (TPSA) is 31.2 Å². The van der Waals surface area contributed by atoms with Gasteiger partial charge in [0.15, 0.2) is 0 Å². The van der Waals surface area contributed by atoms with Crippen molar-refractivity contribution in [1.82, 2.24) is 4.57 Å². The van der Waals surface area contributed by atoms with Crippen LogP contribution in [-0.4, -0.2) is 11.9 Å². The van der Waals surface area contributed by atoms with Crippen LogP contribution in [0.1, 0.15) is 0 Å². The molecule has 3 nitrogen and oxygen atoms in total. The molecule has 0 bridgehead atoms. The van der Waals surface area contributed by atoms with E-state index in [0.29, 0.717) is 13.1 Å². The van der Waals surface area contributed by atoms with Crippen LogP contribution >= 0.6 is 0 Å². The second kappa shape index (κ2) is 5.15. The number of nitrogens with zero attached hydrogens (tertiary/aromatic N) is 1. The summed E-state index contributed by atoms with van der Waals surface area (Å²) >= 11 is 0. The molecule has 4 rings (SSSR count). The zero-order valence-electron chi connectivity index (χ0n) is 11.8. The first-order valence-corrected chi connectivity index (χ1v) is 7.07. The van der Waals surface area contributed by atoms with E-state index in [9.17, 15) is 4.70 Å². The standard InChI is InChI=1S/C18H12BNO2/c21-19-22-14-10-11-16-15-8-4-5-9-17(15)20(18(16)12-14)13-6-2-1-3-7-13/h1-12H. The molecule has 1 heterocycles. The Labute approximate surface area is 128 Å². The molecule has 0 aliphatic rings. The number of hydrogen-bond acceptors (Lipinski definition) is 2. The van der Waals surface area contributed by atoms with Crippen molar-refractivity contribution in [3.05, 3.63) is 72.8 Å². The van der Waals surface area contributed by atoms with Gasteiger partial charge in [0.2, 0.25) is 0 Å². The van der Waals surface area contributed by atoms with Crippen molar-refractivity contribution < 1.29 is 9.36 Å². The van der Waals surface area contributed by atoms with Gasteiger partial charge in [-0.05, 0) is 0 Å². The van der Waals surface area contributed by atoms with Crippen molar-refractivity contribution in [2.45, 2.75) is 0 Å². The fraction of sp³-hybridized carbons (Fsp3) is 0. The molecular formula is C18H12BNO2. The van der Waals surface area contributed by atoms with Gasteiger partial charge in [-0.25, -0.2) is 0 Å². The van der Waals surface area contributed by atoms with E-state index in [1.165, 1.54) is 5.39 Å². The summed E-state index contributed by atoms with van der Waals surface area (Å²) in [7, 11) is 0.455. The van der Waals surface area contributed by atoms with Crippen molar-refractivity contribution in [3.8, 4) is 11.4 Å². The van der Waals surface area contributed by atoms with Crippen LogP contribution in [-0.2, 0) is 4.70 Å². The Balaban J connectivity index is 2.14. The van der Waals surface area contributed by atoms with Crippen LogP contribution < -0.4 is 4.65 Å². The van der Waals surface area contributed by atoms with Crippen molar-refractivity contribution in [2.75, 3.05) is 0 Å². The number of benzene rings is 3. The van der Waals surface area contributed by atoms with Crippen LogP contribution in [0.4, 0.5) is 0 Å². The van der Waals surface area contributed by atoms with Gasteiger partial charge in [-0.3, -0.25) is 0 Å². The number of rotatable bonds is 3. The fourth-order valence-corrected chi connectivity index (χ4v) is 2.93. The molecule has 0 saturated carbocycles. The summed E-state index contributed by atoms with van der Waals surface area (Å²) in [6.45, 7) is 0. The first-order chi connectivity index (χ1) is 10.9. The molecule has 0 unspecified atom stereocenters. The molecule has 0 spiro atoms. The second-order valence-electron chi connectivity index (χ2n) is 5.08. The maximum absolute atomic E-state index is 10.6. The Morgan fingerprint density at radius 1 is 0.773 bits per heavy atom. The summed E-state index contributed by atoms with van der Waals surface area (Å²) in [6.07, 6.45) is 0. The first-order valence-electron chi connectivity index (χ1n) is 7.07. The Kier molecular flexibility index (Phi) is 3.00. The van der Waals surface area contributed by atoms with E-state index < -0.39 is 0 Å². The third-order valence-electron chi connectivity index (χ3n) is 3.84. The molecule has 22 heavy (non-hydrogen) atoms. The van der Waals surface area contributed by atoms with E-state index in [1.807, 2.05) is 48.5 Å². The molecule has 104 valence electrons. The van der Waals surface area contributed by atoms with Crippen LogP contribution in [0.25, 0.3) is 27.5 Å². The summed E-state index contributed by atoms with van der Waals surface area (Å²) in [5.41, 5.74) is 3.23. The van der Waals surface area contributed by atoms with E-state index in [1.54, 1.807) is 0 Å². The van der Waals surface area contributed by atoms with E-state index in [4.69, 9.17) is 4.65 Å². The second-order valence-corrected chi connectivity index (χ2v) is 5.08. The van der Waals surface area contributed by atoms with Gasteiger partial charge >= 0.3 is 127 Å². The number of aromatic nitrogens is 1. The van der Waals surface area contributed by atoms with Crippen LogP contribution in [0.3, 0.4) is 0 Å². The third kappa shape index (κ3) is 1.92. The zero-order valence-corrected chi connectivity index (χ0v) is 11.8. The predicted octanol–water partition coefficient (Wildman–Crippen LogP) is 4.13. The summed E-state index contributed by atoms with van der Waals surface area (Å²) in [5.74, 6) is 0.544. The fourth-order valence-electron chi connectivity index (χ4n) is 2.93. The monoisotopic (exact) mass is 285 g/mol. The molecule has 3 aromatic carbocycles. The molecule has 4 heteroatoms. The zero-order chi connectivity index (χ0) is 14.9. The minimum absolute atomic E-state index is 0.455. The quantitative estimate of drug-likeness (QED) is 0.530. The number of fused-ring (bicyclic) bond motifs is 3. The van der Waals surface area contributed by atoms with Crippen molar-refractivity contribution in [2.24, 2.45) is 0 Å². The maximum atomic E-state index is 10.6. The van der Waals surface area contributed by atoms with Crippen molar-refractivity contribution in [3.63, 3.8) is 0 Å². The van der Waals surface area contributed by atoms with Crippen LogP contribution in [0, 0.1) is 0 Å².